The first-order valence-electron chi connectivity index (χ1n) is 6.34. The van der Waals surface area contributed by atoms with Crippen molar-refractivity contribution in [1.29, 1.82) is 0 Å². The summed E-state index contributed by atoms with van der Waals surface area (Å²) in [5.41, 5.74) is 1.89. The molecule has 2 N–H and O–H groups in total. The first kappa shape index (κ1) is 14.7. The monoisotopic (exact) mass is 287 g/mol. The number of halogens is 1. The predicted molar refractivity (Wildman–Crippen MR) is 77.5 cm³/mol. The van der Waals surface area contributed by atoms with E-state index in [2.05, 4.69) is 5.32 Å². The van der Waals surface area contributed by atoms with Crippen LogP contribution in [-0.2, 0) is 11.2 Å². The zero-order valence-electron chi connectivity index (χ0n) is 11.4. The zero-order valence-corrected chi connectivity index (χ0v) is 11.4. The molecule has 2 aromatic rings. The maximum Gasteiger partial charge on any atom is 0.307 e. The van der Waals surface area contributed by atoms with E-state index in [4.69, 9.17) is 5.11 Å². The summed E-state index contributed by atoms with van der Waals surface area (Å²) in [6.45, 7) is 1.41. The van der Waals surface area contributed by atoms with Crippen molar-refractivity contribution in [2.24, 2.45) is 0 Å². The molecule has 0 aliphatic carbocycles. The number of ketones is 1. The normalized spacial score (nSPS) is 10.2. The number of rotatable bonds is 5. The lowest BCUT2D eigenvalue weighted by Gasteiger charge is -2.09. The second-order valence-electron chi connectivity index (χ2n) is 4.64. The van der Waals surface area contributed by atoms with Crippen molar-refractivity contribution in [3.05, 3.63) is 59.4 Å². The Kier molecular flexibility index (Phi) is 4.33. The summed E-state index contributed by atoms with van der Waals surface area (Å²) in [4.78, 5) is 21.9. The van der Waals surface area contributed by atoms with Crippen LogP contribution in [0, 0.1) is 5.82 Å². The van der Waals surface area contributed by atoms with E-state index in [0.29, 0.717) is 16.8 Å². The molecule has 0 saturated carbocycles. The minimum Gasteiger partial charge on any atom is -0.481 e. The molecular weight excluding hydrogens is 273 g/mol. The average Bonchev–Trinajstić information content (AvgIpc) is 2.42. The van der Waals surface area contributed by atoms with Crippen molar-refractivity contribution in [2.45, 2.75) is 13.3 Å². The first-order valence-corrected chi connectivity index (χ1v) is 6.34. The number of hydrogen-bond donors (Lipinski definition) is 2. The summed E-state index contributed by atoms with van der Waals surface area (Å²) < 4.78 is 13.7. The Morgan fingerprint density at radius 2 is 1.81 bits per heavy atom. The summed E-state index contributed by atoms with van der Waals surface area (Å²) in [7, 11) is 0. The number of carboxylic acids is 1. The fourth-order valence-electron chi connectivity index (χ4n) is 1.88. The number of carboxylic acid groups (broad SMARTS) is 1. The topological polar surface area (TPSA) is 66.4 Å². The van der Waals surface area contributed by atoms with Crippen LogP contribution in [0.25, 0.3) is 0 Å². The summed E-state index contributed by atoms with van der Waals surface area (Å²) in [5, 5.41) is 11.6. The molecule has 0 heterocycles. The van der Waals surface area contributed by atoms with Gasteiger partial charge in [0.15, 0.2) is 5.78 Å². The van der Waals surface area contributed by atoms with E-state index in [1.54, 1.807) is 24.3 Å². The fraction of sp³-hybridized carbons (Fsp3) is 0.125. The molecule has 0 amide bonds. The third-order valence-corrected chi connectivity index (χ3v) is 2.96. The van der Waals surface area contributed by atoms with E-state index in [1.165, 1.54) is 25.1 Å². The number of aliphatic carboxylic acids is 1. The van der Waals surface area contributed by atoms with Gasteiger partial charge >= 0.3 is 5.97 Å². The Labute approximate surface area is 121 Å². The van der Waals surface area contributed by atoms with Crippen molar-refractivity contribution in [3.8, 4) is 0 Å². The third kappa shape index (κ3) is 3.89. The maximum absolute atomic E-state index is 13.7. The standard InChI is InChI=1S/C16H14FNO3/c1-10(19)12-4-7-14(17)15(9-12)18-13-5-2-11(3-6-13)8-16(20)21/h2-7,9,18H,8H2,1H3,(H,20,21). The number of Topliss-reactive ketones (excluding diaryl/α,β-unsaturated/α-hetero) is 1. The van der Waals surface area contributed by atoms with Gasteiger partial charge in [-0.3, -0.25) is 9.59 Å². The van der Waals surface area contributed by atoms with Crippen molar-refractivity contribution < 1.29 is 19.1 Å². The SMILES string of the molecule is CC(=O)c1ccc(F)c(Nc2ccc(CC(=O)O)cc2)c1. The molecule has 4 nitrogen and oxygen atoms in total. The van der Waals surface area contributed by atoms with Crippen LogP contribution >= 0.6 is 0 Å². The second-order valence-corrected chi connectivity index (χ2v) is 4.64. The van der Waals surface area contributed by atoms with E-state index in [-0.39, 0.29) is 17.9 Å². The average molecular weight is 287 g/mol. The molecule has 0 aliphatic heterocycles. The highest BCUT2D eigenvalue weighted by Crippen LogP contribution is 2.22. The lowest BCUT2D eigenvalue weighted by molar-refractivity contribution is -0.136. The van der Waals surface area contributed by atoms with Crippen molar-refractivity contribution in [2.75, 3.05) is 5.32 Å². The fourth-order valence-corrected chi connectivity index (χ4v) is 1.88. The molecule has 0 aliphatic rings. The number of nitrogens with one attached hydrogen (secondary N) is 1. The van der Waals surface area contributed by atoms with Crippen LogP contribution in [0.5, 0.6) is 0 Å². The van der Waals surface area contributed by atoms with Gasteiger partial charge in [-0.25, -0.2) is 4.39 Å². The summed E-state index contributed by atoms with van der Waals surface area (Å²) >= 11 is 0. The number of benzene rings is 2. The van der Waals surface area contributed by atoms with Gasteiger partial charge in [0.25, 0.3) is 0 Å². The third-order valence-electron chi connectivity index (χ3n) is 2.96. The largest absolute Gasteiger partial charge is 0.481 e. The molecule has 0 atom stereocenters. The Balaban J connectivity index is 2.19. The van der Waals surface area contributed by atoms with Crippen LogP contribution in [0.4, 0.5) is 15.8 Å². The molecule has 108 valence electrons. The van der Waals surface area contributed by atoms with Gasteiger partial charge in [-0.05, 0) is 42.8 Å². The molecule has 2 aromatic carbocycles. The van der Waals surface area contributed by atoms with E-state index >= 15 is 0 Å². The van der Waals surface area contributed by atoms with E-state index in [1.807, 2.05) is 0 Å². The van der Waals surface area contributed by atoms with Gasteiger partial charge in [-0.2, -0.15) is 0 Å². The highest BCUT2D eigenvalue weighted by atomic mass is 19.1. The predicted octanol–water partition coefficient (Wildman–Crippen LogP) is 3.40. The highest BCUT2D eigenvalue weighted by Gasteiger charge is 2.07. The van der Waals surface area contributed by atoms with Gasteiger partial charge in [0, 0.05) is 11.3 Å². The van der Waals surface area contributed by atoms with Gasteiger partial charge in [0.2, 0.25) is 0 Å². The minimum absolute atomic E-state index is 0.0610. The Bertz CT molecular complexity index is 680. The second kappa shape index (κ2) is 6.17. The van der Waals surface area contributed by atoms with Crippen LogP contribution in [0.2, 0.25) is 0 Å². The van der Waals surface area contributed by atoms with Crippen molar-refractivity contribution in [3.63, 3.8) is 0 Å². The number of hydrogen-bond acceptors (Lipinski definition) is 3. The van der Waals surface area contributed by atoms with Crippen LogP contribution in [0.15, 0.2) is 42.5 Å². The quantitative estimate of drug-likeness (QED) is 0.827. The maximum atomic E-state index is 13.7. The van der Waals surface area contributed by atoms with Crippen molar-refractivity contribution in [1.82, 2.24) is 0 Å². The number of anilines is 2. The van der Waals surface area contributed by atoms with Crippen molar-refractivity contribution >= 4 is 23.1 Å². The molecule has 5 heteroatoms. The van der Waals surface area contributed by atoms with Gasteiger partial charge in [0.1, 0.15) is 5.82 Å². The molecule has 0 unspecified atom stereocenters. The molecule has 0 fully saturated rings. The Hall–Kier alpha value is -2.69. The van der Waals surface area contributed by atoms with E-state index < -0.39 is 11.8 Å². The van der Waals surface area contributed by atoms with E-state index in [9.17, 15) is 14.0 Å². The summed E-state index contributed by atoms with van der Waals surface area (Å²) in [5.74, 6) is -1.51. The van der Waals surface area contributed by atoms with Crippen LogP contribution in [0.1, 0.15) is 22.8 Å². The van der Waals surface area contributed by atoms with Crippen LogP contribution < -0.4 is 5.32 Å². The summed E-state index contributed by atoms with van der Waals surface area (Å²) in [6.07, 6.45) is -0.0610. The van der Waals surface area contributed by atoms with Gasteiger partial charge in [-0.1, -0.05) is 12.1 Å². The van der Waals surface area contributed by atoms with Crippen LogP contribution in [-0.4, -0.2) is 16.9 Å². The molecular formula is C16H14FNO3. The highest BCUT2D eigenvalue weighted by molar-refractivity contribution is 5.95. The molecule has 21 heavy (non-hydrogen) atoms. The minimum atomic E-state index is -0.907. The number of carbonyl (C=O) groups is 2. The molecule has 2 rings (SSSR count). The summed E-state index contributed by atoms with van der Waals surface area (Å²) in [6, 6.07) is 10.8. The number of carbonyl (C=O) groups excluding carboxylic acids is 1. The zero-order chi connectivity index (χ0) is 15.4. The Morgan fingerprint density at radius 3 is 2.38 bits per heavy atom. The smallest absolute Gasteiger partial charge is 0.307 e. The van der Waals surface area contributed by atoms with Gasteiger partial charge in [0.05, 0.1) is 12.1 Å². The Morgan fingerprint density at radius 1 is 1.14 bits per heavy atom. The van der Waals surface area contributed by atoms with Gasteiger partial charge in [-0.15, -0.1) is 0 Å². The lowest BCUT2D eigenvalue weighted by Crippen LogP contribution is -2.01. The molecule has 0 aromatic heterocycles. The molecule has 0 bridgehead atoms. The van der Waals surface area contributed by atoms with E-state index in [0.717, 1.165) is 0 Å². The first-order chi connectivity index (χ1) is 9.95. The van der Waals surface area contributed by atoms with Crippen LogP contribution in [0.3, 0.4) is 0 Å². The molecule has 0 spiro atoms. The van der Waals surface area contributed by atoms with Gasteiger partial charge < -0.3 is 10.4 Å². The molecule has 0 saturated heterocycles. The molecule has 0 radical (unpaired) electrons. The lowest BCUT2D eigenvalue weighted by atomic mass is 10.1.